The number of nitriles is 1. The van der Waals surface area contributed by atoms with E-state index >= 15 is 0 Å². The van der Waals surface area contributed by atoms with Gasteiger partial charge in [-0.3, -0.25) is 9.59 Å². The number of hydrogen-bond donors (Lipinski definition) is 2. The Morgan fingerprint density at radius 1 is 1.37 bits per heavy atom. The zero-order chi connectivity index (χ0) is 19.2. The molecule has 1 aliphatic rings. The largest absolute Gasteiger partial charge is 0.365 e. The van der Waals surface area contributed by atoms with Crippen molar-refractivity contribution in [2.24, 2.45) is 5.92 Å². The van der Waals surface area contributed by atoms with E-state index in [-0.39, 0.29) is 17.7 Å². The Kier molecular flexibility index (Phi) is 5.67. The Bertz CT molecular complexity index is 890. The first-order valence-electron chi connectivity index (χ1n) is 8.79. The van der Waals surface area contributed by atoms with E-state index in [4.69, 9.17) is 5.26 Å². The third-order valence-corrected chi connectivity index (χ3v) is 4.62. The highest BCUT2D eigenvalue weighted by atomic mass is 16.2. The molecule has 0 aliphatic carbocycles. The van der Waals surface area contributed by atoms with Crippen LogP contribution in [0.1, 0.15) is 27.9 Å². The molecule has 0 saturated carbocycles. The monoisotopic (exact) mass is 363 g/mol. The molecule has 2 amide bonds. The molecule has 0 bridgehead atoms. The smallest absolute Gasteiger partial charge is 0.251 e. The second-order valence-electron chi connectivity index (χ2n) is 6.52. The van der Waals surface area contributed by atoms with E-state index in [0.717, 1.165) is 18.5 Å². The van der Waals surface area contributed by atoms with Crippen molar-refractivity contribution >= 4 is 17.6 Å². The maximum Gasteiger partial charge on any atom is 0.251 e. The number of hydrogen-bond acceptors (Lipinski definition) is 5. The first-order chi connectivity index (χ1) is 13.1. The van der Waals surface area contributed by atoms with Gasteiger partial charge in [-0.2, -0.15) is 5.26 Å². The fourth-order valence-electron chi connectivity index (χ4n) is 3.05. The number of benzene rings is 1. The van der Waals surface area contributed by atoms with Gasteiger partial charge in [0.2, 0.25) is 5.91 Å². The molecule has 2 heterocycles. The van der Waals surface area contributed by atoms with Gasteiger partial charge in [0, 0.05) is 38.4 Å². The zero-order valence-corrected chi connectivity index (χ0v) is 15.1. The summed E-state index contributed by atoms with van der Waals surface area (Å²) in [5, 5.41) is 15.1. The molecule has 1 unspecified atom stereocenters. The lowest BCUT2D eigenvalue weighted by atomic mass is 10.1. The summed E-state index contributed by atoms with van der Waals surface area (Å²) in [4.78, 5) is 30.2. The average molecular weight is 363 g/mol. The number of anilines is 1. The van der Waals surface area contributed by atoms with Crippen LogP contribution in [0.15, 0.2) is 42.6 Å². The summed E-state index contributed by atoms with van der Waals surface area (Å²) in [6.45, 7) is 1.53. The van der Waals surface area contributed by atoms with Crippen LogP contribution in [-0.2, 0) is 11.3 Å². The average Bonchev–Trinajstić information content (AvgIpc) is 3.03. The van der Waals surface area contributed by atoms with Gasteiger partial charge < -0.3 is 15.5 Å². The second kappa shape index (κ2) is 8.32. The third kappa shape index (κ3) is 4.42. The predicted molar refractivity (Wildman–Crippen MR) is 101 cm³/mol. The Morgan fingerprint density at radius 2 is 2.22 bits per heavy atom. The lowest BCUT2D eigenvalue weighted by Crippen LogP contribution is -2.33. The van der Waals surface area contributed by atoms with E-state index in [1.807, 2.05) is 12.1 Å². The molecule has 7 nitrogen and oxygen atoms in total. The first-order valence-corrected chi connectivity index (χ1v) is 8.79. The van der Waals surface area contributed by atoms with Crippen molar-refractivity contribution in [3.8, 4) is 6.07 Å². The van der Waals surface area contributed by atoms with Gasteiger partial charge in [-0.25, -0.2) is 4.98 Å². The van der Waals surface area contributed by atoms with Crippen LogP contribution in [0.2, 0.25) is 0 Å². The number of amides is 2. The fourth-order valence-corrected chi connectivity index (χ4v) is 3.05. The highest BCUT2D eigenvalue weighted by Gasteiger charge is 2.29. The number of rotatable bonds is 6. The molecule has 2 aromatic rings. The standard InChI is InChI=1S/C20H21N5O2/c1-25-9-7-17(20(25)27)13-24-19(26)15-5-2-4-14(10-15)12-23-18-16(11-21)6-3-8-22-18/h2-6,8,10,17H,7,9,12-13H2,1H3,(H,22,23)(H,24,26). The Morgan fingerprint density at radius 3 is 2.96 bits per heavy atom. The summed E-state index contributed by atoms with van der Waals surface area (Å²) >= 11 is 0. The molecular formula is C20H21N5O2. The number of carbonyl (C=O) groups is 2. The van der Waals surface area contributed by atoms with Gasteiger partial charge in [-0.05, 0) is 36.2 Å². The van der Waals surface area contributed by atoms with Crippen molar-refractivity contribution in [1.82, 2.24) is 15.2 Å². The quantitative estimate of drug-likeness (QED) is 0.815. The number of pyridine rings is 1. The number of carbonyl (C=O) groups excluding carboxylic acids is 2. The van der Waals surface area contributed by atoms with Crippen LogP contribution < -0.4 is 10.6 Å². The number of aromatic nitrogens is 1. The van der Waals surface area contributed by atoms with Gasteiger partial charge in [0.05, 0.1) is 11.5 Å². The first kappa shape index (κ1) is 18.4. The molecule has 1 aliphatic heterocycles. The van der Waals surface area contributed by atoms with E-state index in [0.29, 0.717) is 30.0 Å². The van der Waals surface area contributed by atoms with E-state index in [9.17, 15) is 9.59 Å². The highest BCUT2D eigenvalue weighted by Crippen LogP contribution is 2.16. The topological polar surface area (TPSA) is 98.1 Å². The number of nitrogens with zero attached hydrogens (tertiary/aromatic N) is 3. The van der Waals surface area contributed by atoms with E-state index in [1.165, 1.54) is 0 Å². The molecule has 1 atom stereocenters. The van der Waals surface area contributed by atoms with Crippen LogP contribution in [0.25, 0.3) is 0 Å². The van der Waals surface area contributed by atoms with Crippen molar-refractivity contribution in [2.45, 2.75) is 13.0 Å². The summed E-state index contributed by atoms with van der Waals surface area (Å²) < 4.78 is 0. The molecule has 27 heavy (non-hydrogen) atoms. The van der Waals surface area contributed by atoms with Crippen LogP contribution in [0, 0.1) is 17.2 Å². The lowest BCUT2D eigenvalue weighted by Gasteiger charge is -2.12. The number of nitrogens with one attached hydrogen (secondary N) is 2. The predicted octanol–water partition coefficient (Wildman–Crippen LogP) is 1.77. The second-order valence-corrected chi connectivity index (χ2v) is 6.52. The van der Waals surface area contributed by atoms with Gasteiger partial charge in [0.15, 0.2) is 0 Å². The molecule has 138 valence electrons. The zero-order valence-electron chi connectivity index (χ0n) is 15.1. The van der Waals surface area contributed by atoms with Crippen LogP contribution in [-0.4, -0.2) is 41.8 Å². The molecule has 0 radical (unpaired) electrons. The van der Waals surface area contributed by atoms with Gasteiger partial charge in [0.25, 0.3) is 5.91 Å². The Labute approximate surface area is 158 Å². The fraction of sp³-hybridized carbons (Fsp3) is 0.300. The minimum absolute atomic E-state index is 0.0805. The van der Waals surface area contributed by atoms with Crippen LogP contribution in [0.3, 0.4) is 0 Å². The molecule has 3 rings (SSSR count). The van der Waals surface area contributed by atoms with Crippen molar-refractivity contribution in [2.75, 3.05) is 25.5 Å². The van der Waals surface area contributed by atoms with Crippen molar-refractivity contribution in [1.29, 1.82) is 5.26 Å². The minimum Gasteiger partial charge on any atom is -0.365 e. The molecular weight excluding hydrogens is 342 g/mol. The van der Waals surface area contributed by atoms with Crippen LogP contribution in [0.4, 0.5) is 5.82 Å². The van der Waals surface area contributed by atoms with E-state index in [1.54, 1.807) is 42.4 Å². The SMILES string of the molecule is CN1CCC(CNC(=O)c2cccc(CNc3ncccc3C#N)c2)C1=O. The summed E-state index contributed by atoms with van der Waals surface area (Å²) in [6.07, 6.45) is 2.39. The molecule has 1 aromatic carbocycles. The maximum atomic E-state index is 12.4. The summed E-state index contributed by atoms with van der Waals surface area (Å²) in [5.41, 5.74) is 1.90. The highest BCUT2D eigenvalue weighted by molar-refractivity contribution is 5.94. The third-order valence-electron chi connectivity index (χ3n) is 4.62. The molecule has 1 saturated heterocycles. The molecule has 2 N–H and O–H groups in total. The molecule has 1 aromatic heterocycles. The summed E-state index contributed by atoms with van der Waals surface area (Å²) in [6, 6.07) is 12.7. The van der Waals surface area contributed by atoms with E-state index < -0.39 is 0 Å². The van der Waals surface area contributed by atoms with Crippen molar-refractivity contribution < 1.29 is 9.59 Å². The van der Waals surface area contributed by atoms with Crippen molar-refractivity contribution in [3.63, 3.8) is 0 Å². The van der Waals surface area contributed by atoms with Gasteiger partial charge in [0.1, 0.15) is 11.9 Å². The Hall–Kier alpha value is -3.40. The summed E-state index contributed by atoms with van der Waals surface area (Å²) in [7, 11) is 1.78. The van der Waals surface area contributed by atoms with Gasteiger partial charge in [-0.15, -0.1) is 0 Å². The lowest BCUT2D eigenvalue weighted by molar-refractivity contribution is -0.129. The van der Waals surface area contributed by atoms with Crippen molar-refractivity contribution in [3.05, 3.63) is 59.3 Å². The molecule has 0 spiro atoms. The summed E-state index contributed by atoms with van der Waals surface area (Å²) in [5.74, 6) is 0.253. The molecule has 1 fully saturated rings. The van der Waals surface area contributed by atoms with E-state index in [2.05, 4.69) is 21.7 Å². The number of likely N-dealkylation sites (tertiary alicyclic amines) is 1. The van der Waals surface area contributed by atoms with Crippen LogP contribution in [0.5, 0.6) is 0 Å². The van der Waals surface area contributed by atoms with Gasteiger partial charge in [-0.1, -0.05) is 12.1 Å². The Balaban J connectivity index is 1.59. The van der Waals surface area contributed by atoms with Crippen LogP contribution >= 0.6 is 0 Å². The molecule has 7 heteroatoms. The normalized spacial score (nSPS) is 16.1. The minimum atomic E-state index is -0.199. The maximum absolute atomic E-state index is 12.4. The van der Waals surface area contributed by atoms with Gasteiger partial charge >= 0.3 is 0 Å².